The molecule has 0 radical (unpaired) electrons. The van der Waals surface area contributed by atoms with Crippen molar-refractivity contribution in [3.63, 3.8) is 0 Å². The number of carbonyl (C=O) groups excluding carboxylic acids is 1. The zero-order chi connectivity index (χ0) is 18.8. The minimum atomic E-state index is -0.221. The van der Waals surface area contributed by atoms with Gasteiger partial charge in [-0.15, -0.1) is 0 Å². The van der Waals surface area contributed by atoms with Gasteiger partial charge in [-0.25, -0.2) is 9.97 Å². The van der Waals surface area contributed by atoms with E-state index in [0.29, 0.717) is 13.1 Å². The van der Waals surface area contributed by atoms with E-state index in [1.807, 2.05) is 11.9 Å². The van der Waals surface area contributed by atoms with Gasteiger partial charge in [-0.3, -0.25) is 4.79 Å². The first-order chi connectivity index (χ1) is 13.1. The normalized spacial score (nSPS) is 25.2. The van der Waals surface area contributed by atoms with Gasteiger partial charge in [-0.1, -0.05) is 0 Å². The van der Waals surface area contributed by atoms with Gasteiger partial charge < -0.3 is 25.1 Å². The van der Waals surface area contributed by atoms with Crippen LogP contribution in [-0.2, 0) is 11.3 Å². The molecule has 8 heteroatoms. The summed E-state index contributed by atoms with van der Waals surface area (Å²) in [6.45, 7) is 4.48. The van der Waals surface area contributed by atoms with Crippen molar-refractivity contribution in [3.8, 4) is 0 Å². The molecular formula is C19H30N6O2. The fourth-order valence-electron chi connectivity index (χ4n) is 4.49. The first-order valence-corrected chi connectivity index (χ1v) is 10.1. The number of nitrogens with zero attached hydrogens (tertiary/aromatic N) is 5. The monoisotopic (exact) mass is 374 g/mol. The van der Waals surface area contributed by atoms with Crippen LogP contribution in [0.25, 0.3) is 0 Å². The van der Waals surface area contributed by atoms with Gasteiger partial charge in [0, 0.05) is 26.2 Å². The Morgan fingerprint density at radius 1 is 1.07 bits per heavy atom. The van der Waals surface area contributed by atoms with E-state index in [1.54, 1.807) is 6.33 Å². The molecule has 1 atom stereocenters. The minimum Gasteiger partial charge on any atom is -0.393 e. The number of hydrogen-bond donors (Lipinski definition) is 2. The molecule has 0 aromatic carbocycles. The predicted octanol–water partition coefficient (Wildman–Crippen LogP) is 0.358. The number of fused-ring (bicyclic) bond motifs is 1. The third-order valence-corrected chi connectivity index (χ3v) is 6.03. The second kappa shape index (κ2) is 7.98. The molecule has 148 valence electrons. The summed E-state index contributed by atoms with van der Waals surface area (Å²) in [6, 6.07) is 0.267. The van der Waals surface area contributed by atoms with Gasteiger partial charge in [0.2, 0.25) is 5.91 Å². The molecule has 1 aromatic rings. The Morgan fingerprint density at radius 2 is 1.85 bits per heavy atom. The first-order valence-electron chi connectivity index (χ1n) is 10.1. The molecule has 4 heterocycles. The van der Waals surface area contributed by atoms with Crippen molar-refractivity contribution in [1.82, 2.24) is 20.2 Å². The third kappa shape index (κ3) is 3.87. The molecule has 1 amide bonds. The van der Waals surface area contributed by atoms with Gasteiger partial charge in [0.1, 0.15) is 18.0 Å². The molecule has 27 heavy (non-hydrogen) atoms. The summed E-state index contributed by atoms with van der Waals surface area (Å²) >= 11 is 0. The van der Waals surface area contributed by atoms with Crippen molar-refractivity contribution >= 4 is 17.5 Å². The third-order valence-electron chi connectivity index (χ3n) is 6.03. The molecular weight excluding hydrogens is 344 g/mol. The minimum absolute atomic E-state index is 0.169. The van der Waals surface area contributed by atoms with Crippen molar-refractivity contribution in [2.75, 3.05) is 49.6 Å². The molecule has 0 saturated carbocycles. The lowest BCUT2D eigenvalue weighted by molar-refractivity contribution is -0.132. The maximum Gasteiger partial charge on any atom is 0.242 e. The Labute approximate surface area is 160 Å². The second-order valence-corrected chi connectivity index (χ2v) is 7.93. The van der Waals surface area contributed by atoms with E-state index < -0.39 is 0 Å². The summed E-state index contributed by atoms with van der Waals surface area (Å²) in [5.41, 5.74) is 1.04. The van der Waals surface area contributed by atoms with E-state index in [-0.39, 0.29) is 18.1 Å². The number of anilines is 2. The van der Waals surface area contributed by atoms with Crippen LogP contribution in [0.5, 0.6) is 0 Å². The van der Waals surface area contributed by atoms with Crippen molar-refractivity contribution < 1.29 is 9.90 Å². The highest BCUT2D eigenvalue weighted by molar-refractivity contribution is 5.84. The number of aliphatic hydroxyl groups excluding tert-OH is 1. The van der Waals surface area contributed by atoms with Gasteiger partial charge in [-0.05, 0) is 45.2 Å². The summed E-state index contributed by atoms with van der Waals surface area (Å²) < 4.78 is 0. The number of aromatic nitrogens is 2. The Kier molecular flexibility index (Phi) is 5.45. The number of nitrogens with one attached hydrogen (secondary N) is 1. The van der Waals surface area contributed by atoms with Crippen LogP contribution in [0.4, 0.5) is 11.6 Å². The highest BCUT2D eigenvalue weighted by atomic mass is 16.3. The maximum atomic E-state index is 13.0. The molecule has 2 fully saturated rings. The van der Waals surface area contributed by atoms with Crippen LogP contribution in [0, 0.1) is 0 Å². The summed E-state index contributed by atoms with van der Waals surface area (Å²) in [4.78, 5) is 28.4. The van der Waals surface area contributed by atoms with Gasteiger partial charge in [-0.2, -0.15) is 0 Å². The molecule has 1 unspecified atom stereocenters. The fourth-order valence-corrected chi connectivity index (χ4v) is 4.49. The SMILES string of the molecule is CN1CC(=O)N(C2CCCNCC2)Cc2c1ncnc2N1CCC(O)CC1. The van der Waals surface area contributed by atoms with E-state index in [4.69, 9.17) is 0 Å². The first kappa shape index (κ1) is 18.4. The molecule has 2 saturated heterocycles. The van der Waals surface area contributed by atoms with Crippen LogP contribution in [0.1, 0.15) is 37.7 Å². The lowest BCUT2D eigenvalue weighted by Crippen LogP contribution is -2.43. The molecule has 4 rings (SSSR count). The van der Waals surface area contributed by atoms with Gasteiger partial charge in [0.25, 0.3) is 0 Å². The smallest absolute Gasteiger partial charge is 0.242 e. The van der Waals surface area contributed by atoms with E-state index in [1.165, 1.54) is 0 Å². The fraction of sp³-hybridized carbons (Fsp3) is 0.737. The van der Waals surface area contributed by atoms with Crippen LogP contribution < -0.4 is 15.1 Å². The quantitative estimate of drug-likeness (QED) is 0.773. The lowest BCUT2D eigenvalue weighted by Gasteiger charge is -2.34. The van der Waals surface area contributed by atoms with Crippen molar-refractivity contribution in [2.24, 2.45) is 0 Å². The van der Waals surface area contributed by atoms with E-state index in [2.05, 4.69) is 25.1 Å². The van der Waals surface area contributed by atoms with Crippen LogP contribution in [0.2, 0.25) is 0 Å². The average Bonchev–Trinajstić information content (AvgIpc) is 3.01. The lowest BCUT2D eigenvalue weighted by atomic mass is 10.1. The Morgan fingerprint density at radius 3 is 2.67 bits per heavy atom. The summed E-state index contributed by atoms with van der Waals surface area (Å²) in [6.07, 6.45) is 6.02. The van der Waals surface area contributed by atoms with Crippen molar-refractivity contribution in [2.45, 2.75) is 50.8 Å². The molecule has 8 nitrogen and oxygen atoms in total. The number of hydrogen-bond acceptors (Lipinski definition) is 7. The number of rotatable bonds is 2. The Balaban J connectivity index is 1.65. The molecule has 3 aliphatic rings. The molecule has 1 aromatic heterocycles. The second-order valence-electron chi connectivity index (χ2n) is 7.93. The number of likely N-dealkylation sites (N-methyl/N-ethyl adjacent to an activating group) is 1. The van der Waals surface area contributed by atoms with E-state index in [9.17, 15) is 9.90 Å². The van der Waals surface area contributed by atoms with Crippen molar-refractivity contribution in [3.05, 3.63) is 11.9 Å². The molecule has 0 aliphatic carbocycles. The Bertz CT molecular complexity index is 668. The molecule has 0 bridgehead atoms. The van der Waals surface area contributed by atoms with E-state index >= 15 is 0 Å². The number of carbonyl (C=O) groups is 1. The summed E-state index contributed by atoms with van der Waals surface area (Å²) in [5, 5.41) is 13.3. The summed E-state index contributed by atoms with van der Waals surface area (Å²) in [7, 11) is 1.94. The average molecular weight is 374 g/mol. The van der Waals surface area contributed by atoms with Gasteiger partial charge >= 0.3 is 0 Å². The van der Waals surface area contributed by atoms with Crippen LogP contribution in [0.15, 0.2) is 6.33 Å². The number of amides is 1. The standard InChI is InChI=1S/C19H30N6O2/c1-23-12-17(27)25(14-3-2-7-20-8-4-14)11-16-18(23)21-13-22-19(16)24-9-5-15(26)6-10-24/h13-15,20,26H,2-12H2,1H3. The topological polar surface area (TPSA) is 84.8 Å². The van der Waals surface area contributed by atoms with E-state index in [0.717, 1.165) is 75.5 Å². The molecule has 0 spiro atoms. The van der Waals surface area contributed by atoms with Crippen LogP contribution in [0.3, 0.4) is 0 Å². The van der Waals surface area contributed by atoms with Gasteiger partial charge in [0.15, 0.2) is 0 Å². The summed E-state index contributed by atoms with van der Waals surface area (Å²) in [5.74, 6) is 1.95. The van der Waals surface area contributed by atoms with Gasteiger partial charge in [0.05, 0.1) is 24.8 Å². The Hall–Kier alpha value is -1.93. The highest BCUT2D eigenvalue weighted by Crippen LogP contribution is 2.32. The zero-order valence-electron chi connectivity index (χ0n) is 16.1. The van der Waals surface area contributed by atoms with Crippen molar-refractivity contribution in [1.29, 1.82) is 0 Å². The molecule has 2 N–H and O–H groups in total. The predicted molar refractivity (Wildman–Crippen MR) is 104 cm³/mol. The highest BCUT2D eigenvalue weighted by Gasteiger charge is 2.33. The zero-order valence-corrected chi connectivity index (χ0v) is 16.1. The maximum absolute atomic E-state index is 13.0. The number of piperidine rings is 1. The number of aliphatic hydroxyl groups is 1. The largest absolute Gasteiger partial charge is 0.393 e. The van der Waals surface area contributed by atoms with Crippen LogP contribution in [-0.4, -0.2) is 77.8 Å². The van der Waals surface area contributed by atoms with Crippen LogP contribution >= 0.6 is 0 Å². The molecule has 3 aliphatic heterocycles.